The van der Waals surface area contributed by atoms with Gasteiger partial charge in [-0.2, -0.15) is 0 Å². The van der Waals surface area contributed by atoms with Gasteiger partial charge in [0, 0.05) is 28.6 Å². The summed E-state index contributed by atoms with van der Waals surface area (Å²) >= 11 is 0. The van der Waals surface area contributed by atoms with Crippen LogP contribution in [0, 0.1) is 0 Å². The Morgan fingerprint density at radius 2 is 1.85 bits per heavy atom. The van der Waals surface area contributed by atoms with Crippen molar-refractivity contribution in [2.24, 2.45) is 0 Å². The monoisotopic (exact) mass is 343 g/mol. The van der Waals surface area contributed by atoms with Crippen LogP contribution < -0.4 is 10.2 Å². The Kier molecular flexibility index (Phi) is 3.97. The standard InChI is InChI=1S/C21H17N3O2/c1-14(25)15-7-6-8-16(13-15)23-20-17-9-2-3-10-18(17)21(26)24(20)19-11-4-5-12-22-19/h2-13,20,23H,1H3. The average Bonchev–Trinajstić information content (AvgIpc) is 2.95. The highest BCUT2D eigenvalue weighted by atomic mass is 16.2. The fourth-order valence-corrected chi connectivity index (χ4v) is 3.18. The lowest BCUT2D eigenvalue weighted by atomic mass is 10.1. The summed E-state index contributed by atoms with van der Waals surface area (Å²) in [5, 5.41) is 3.38. The Morgan fingerprint density at radius 1 is 1.04 bits per heavy atom. The van der Waals surface area contributed by atoms with Crippen LogP contribution in [0.2, 0.25) is 0 Å². The van der Waals surface area contributed by atoms with E-state index >= 15 is 0 Å². The topological polar surface area (TPSA) is 62.3 Å². The molecule has 1 aromatic heterocycles. The van der Waals surface area contributed by atoms with Gasteiger partial charge in [0.2, 0.25) is 0 Å². The van der Waals surface area contributed by atoms with Crippen LogP contribution in [0.15, 0.2) is 72.9 Å². The number of fused-ring (bicyclic) bond motifs is 1. The summed E-state index contributed by atoms with van der Waals surface area (Å²) < 4.78 is 0. The number of carbonyl (C=O) groups is 2. The van der Waals surface area contributed by atoms with Crippen molar-refractivity contribution in [3.8, 4) is 0 Å². The van der Waals surface area contributed by atoms with E-state index in [-0.39, 0.29) is 11.7 Å². The van der Waals surface area contributed by atoms with E-state index in [1.54, 1.807) is 23.2 Å². The van der Waals surface area contributed by atoms with Gasteiger partial charge in [-0.05, 0) is 37.3 Å². The molecule has 0 aliphatic carbocycles. The first-order valence-corrected chi connectivity index (χ1v) is 8.36. The number of aromatic nitrogens is 1. The fourth-order valence-electron chi connectivity index (χ4n) is 3.18. The molecule has 2 aromatic carbocycles. The van der Waals surface area contributed by atoms with E-state index in [4.69, 9.17) is 0 Å². The lowest BCUT2D eigenvalue weighted by molar-refractivity contribution is 0.0989. The molecule has 1 atom stereocenters. The van der Waals surface area contributed by atoms with E-state index in [1.807, 2.05) is 54.6 Å². The first-order chi connectivity index (χ1) is 12.6. The van der Waals surface area contributed by atoms with E-state index in [9.17, 15) is 9.59 Å². The van der Waals surface area contributed by atoms with Gasteiger partial charge in [0.1, 0.15) is 12.0 Å². The van der Waals surface area contributed by atoms with Crippen molar-refractivity contribution in [3.05, 3.63) is 89.6 Å². The first kappa shape index (κ1) is 16.0. The first-order valence-electron chi connectivity index (χ1n) is 8.36. The highest BCUT2D eigenvalue weighted by molar-refractivity contribution is 6.11. The summed E-state index contributed by atoms with van der Waals surface area (Å²) in [6.07, 6.45) is 1.27. The SMILES string of the molecule is CC(=O)c1cccc(NC2c3ccccc3C(=O)N2c2ccccn2)c1. The number of amides is 1. The normalized spacial score (nSPS) is 15.7. The van der Waals surface area contributed by atoms with E-state index in [2.05, 4.69) is 10.3 Å². The minimum absolute atomic E-state index is 0.00173. The number of hydrogen-bond acceptors (Lipinski definition) is 4. The number of hydrogen-bond donors (Lipinski definition) is 1. The second-order valence-electron chi connectivity index (χ2n) is 6.13. The average molecular weight is 343 g/mol. The van der Waals surface area contributed by atoms with E-state index in [1.165, 1.54) is 6.92 Å². The molecule has 0 spiro atoms. The molecule has 0 radical (unpaired) electrons. The quantitative estimate of drug-likeness (QED) is 0.726. The van der Waals surface area contributed by atoms with Gasteiger partial charge in [-0.25, -0.2) is 4.98 Å². The number of carbonyl (C=O) groups excluding carboxylic acids is 2. The largest absolute Gasteiger partial charge is 0.361 e. The molecule has 5 nitrogen and oxygen atoms in total. The molecule has 0 fully saturated rings. The van der Waals surface area contributed by atoms with Crippen molar-refractivity contribution in [2.75, 3.05) is 10.2 Å². The number of anilines is 2. The van der Waals surface area contributed by atoms with Gasteiger partial charge < -0.3 is 5.32 Å². The van der Waals surface area contributed by atoms with Crippen molar-refractivity contribution in [1.29, 1.82) is 0 Å². The van der Waals surface area contributed by atoms with E-state index in [0.717, 1.165) is 11.3 Å². The van der Waals surface area contributed by atoms with Crippen molar-refractivity contribution in [2.45, 2.75) is 13.1 Å². The summed E-state index contributed by atoms with van der Waals surface area (Å²) in [6, 6.07) is 20.3. The maximum Gasteiger partial charge on any atom is 0.261 e. The van der Waals surface area contributed by atoms with Crippen LogP contribution in [0.5, 0.6) is 0 Å². The zero-order chi connectivity index (χ0) is 18.1. The molecule has 2 heterocycles. The summed E-state index contributed by atoms with van der Waals surface area (Å²) in [5.74, 6) is 0.478. The van der Waals surface area contributed by atoms with Gasteiger partial charge in [-0.3, -0.25) is 14.5 Å². The molecule has 1 N–H and O–H groups in total. The molecular formula is C21H17N3O2. The Morgan fingerprint density at radius 3 is 2.62 bits per heavy atom. The number of nitrogens with zero attached hydrogens (tertiary/aromatic N) is 2. The van der Waals surface area contributed by atoms with E-state index in [0.29, 0.717) is 16.9 Å². The summed E-state index contributed by atoms with van der Waals surface area (Å²) in [6.45, 7) is 1.54. The number of benzene rings is 2. The number of pyridine rings is 1. The molecule has 1 unspecified atom stereocenters. The van der Waals surface area contributed by atoms with Gasteiger partial charge in [0.05, 0.1) is 0 Å². The maximum atomic E-state index is 13.0. The molecule has 0 saturated heterocycles. The minimum Gasteiger partial charge on any atom is -0.361 e. The zero-order valence-electron chi connectivity index (χ0n) is 14.2. The van der Waals surface area contributed by atoms with Crippen molar-refractivity contribution in [3.63, 3.8) is 0 Å². The lowest BCUT2D eigenvalue weighted by Crippen LogP contribution is -2.32. The third-order valence-electron chi connectivity index (χ3n) is 4.43. The van der Waals surface area contributed by atoms with Gasteiger partial charge in [-0.1, -0.05) is 36.4 Å². The molecule has 128 valence electrons. The van der Waals surface area contributed by atoms with Crippen molar-refractivity contribution in [1.82, 2.24) is 4.98 Å². The molecule has 4 rings (SSSR count). The second kappa shape index (κ2) is 6.44. The van der Waals surface area contributed by atoms with Crippen LogP contribution in [-0.4, -0.2) is 16.7 Å². The van der Waals surface area contributed by atoms with Crippen molar-refractivity contribution >= 4 is 23.2 Å². The molecule has 3 aromatic rings. The summed E-state index contributed by atoms with van der Waals surface area (Å²) in [4.78, 5) is 30.6. The summed E-state index contributed by atoms with van der Waals surface area (Å²) in [7, 11) is 0. The number of Topliss-reactive ketones (excluding diaryl/α,β-unsaturated/α-hetero) is 1. The lowest BCUT2D eigenvalue weighted by Gasteiger charge is -2.26. The minimum atomic E-state index is -0.393. The molecule has 26 heavy (non-hydrogen) atoms. The Bertz CT molecular complexity index is 985. The van der Waals surface area contributed by atoms with Gasteiger partial charge in [0.25, 0.3) is 5.91 Å². The van der Waals surface area contributed by atoms with Crippen LogP contribution in [0.3, 0.4) is 0 Å². The molecule has 5 heteroatoms. The molecule has 1 aliphatic heterocycles. The molecule has 0 bridgehead atoms. The van der Waals surface area contributed by atoms with Crippen molar-refractivity contribution < 1.29 is 9.59 Å². The van der Waals surface area contributed by atoms with Crippen LogP contribution in [-0.2, 0) is 0 Å². The number of rotatable bonds is 4. The highest BCUT2D eigenvalue weighted by Crippen LogP contribution is 2.37. The summed E-state index contributed by atoms with van der Waals surface area (Å²) in [5.41, 5.74) is 2.93. The fraction of sp³-hybridized carbons (Fsp3) is 0.0952. The second-order valence-corrected chi connectivity index (χ2v) is 6.13. The molecule has 1 amide bonds. The van der Waals surface area contributed by atoms with Gasteiger partial charge in [0.15, 0.2) is 5.78 Å². The van der Waals surface area contributed by atoms with Crippen LogP contribution >= 0.6 is 0 Å². The highest BCUT2D eigenvalue weighted by Gasteiger charge is 2.38. The smallest absolute Gasteiger partial charge is 0.261 e. The van der Waals surface area contributed by atoms with Crippen LogP contribution in [0.1, 0.15) is 39.4 Å². The zero-order valence-corrected chi connectivity index (χ0v) is 14.2. The molecule has 1 aliphatic rings. The molecular weight excluding hydrogens is 326 g/mol. The van der Waals surface area contributed by atoms with Gasteiger partial charge >= 0.3 is 0 Å². The number of ketones is 1. The van der Waals surface area contributed by atoms with Crippen LogP contribution in [0.25, 0.3) is 0 Å². The Balaban J connectivity index is 1.77. The van der Waals surface area contributed by atoms with Crippen LogP contribution in [0.4, 0.5) is 11.5 Å². The van der Waals surface area contributed by atoms with E-state index < -0.39 is 6.17 Å². The Hall–Kier alpha value is -3.47. The molecule has 0 saturated carbocycles. The predicted molar refractivity (Wildman–Crippen MR) is 100 cm³/mol. The maximum absolute atomic E-state index is 13.0. The predicted octanol–water partition coefficient (Wildman–Crippen LogP) is 4.06. The third kappa shape index (κ3) is 2.73. The number of nitrogens with one attached hydrogen (secondary N) is 1. The third-order valence-corrected chi connectivity index (χ3v) is 4.43. The van der Waals surface area contributed by atoms with Gasteiger partial charge in [-0.15, -0.1) is 0 Å². The Labute approximate surface area is 151 Å².